The Morgan fingerprint density at radius 2 is 2.08 bits per heavy atom. The summed E-state index contributed by atoms with van der Waals surface area (Å²) in [4.78, 5) is 0. The SMILES string of the molecule is C=C(CN)OC1CCC(NC)CC1. The zero-order valence-electron chi connectivity index (χ0n) is 8.38. The number of rotatable bonds is 4. The molecule has 3 nitrogen and oxygen atoms in total. The van der Waals surface area contributed by atoms with Crippen LogP contribution in [0.2, 0.25) is 0 Å². The van der Waals surface area contributed by atoms with Crippen LogP contribution in [0.1, 0.15) is 25.7 Å². The summed E-state index contributed by atoms with van der Waals surface area (Å²) in [7, 11) is 2.02. The van der Waals surface area contributed by atoms with Gasteiger partial charge in [0.25, 0.3) is 0 Å². The van der Waals surface area contributed by atoms with Crippen molar-refractivity contribution in [3.05, 3.63) is 12.3 Å². The molecule has 0 amide bonds. The largest absolute Gasteiger partial charge is 0.494 e. The molecule has 0 aliphatic heterocycles. The molecule has 3 heteroatoms. The topological polar surface area (TPSA) is 47.3 Å². The fraction of sp³-hybridized carbons (Fsp3) is 0.800. The van der Waals surface area contributed by atoms with E-state index in [1.165, 1.54) is 12.8 Å². The van der Waals surface area contributed by atoms with E-state index in [0.29, 0.717) is 24.4 Å². The van der Waals surface area contributed by atoms with Gasteiger partial charge in [0.05, 0.1) is 12.6 Å². The summed E-state index contributed by atoms with van der Waals surface area (Å²) in [6.45, 7) is 4.18. The first-order chi connectivity index (χ1) is 6.26. The predicted octanol–water partition coefficient (Wildman–Crippen LogP) is 1.01. The lowest BCUT2D eigenvalue weighted by Crippen LogP contribution is -2.33. The zero-order chi connectivity index (χ0) is 9.68. The summed E-state index contributed by atoms with van der Waals surface area (Å²) in [5, 5.41) is 3.29. The Morgan fingerprint density at radius 3 is 2.54 bits per heavy atom. The molecule has 1 aliphatic rings. The van der Waals surface area contributed by atoms with Crippen molar-refractivity contribution in [3.63, 3.8) is 0 Å². The van der Waals surface area contributed by atoms with Gasteiger partial charge in [0.2, 0.25) is 0 Å². The molecule has 0 spiro atoms. The molecule has 13 heavy (non-hydrogen) atoms. The summed E-state index contributed by atoms with van der Waals surface area (Å²) < 4.78 is 5.59. The quantitative estimate of drug-likeness (QED) is 0.641. The van der Waals surface area contributed by atoms with Crippen LogP contribution < -0.4 is 11.1 Å². The van der Waals surface area contributed by atoms with Crippen LogP contribution >= 0.6 is 0 Å². The Bertz CT molecular complexity index is 162. The molecule has 0 heterocycles. The average molecular weight is 184 g/mol. The number of ether oxygens (including phenoxy) is 1. The van der Waals surface area contributed by atoms with Crippen LogP contribution in [0, 0.1) is 0 Å². The molecule has 1 rings (SSSR count). The minimum Gasteiger partial charge on any atom is -0.494 e. The normalized spacial score (nSPS) is 28.5. The maximum Gasteiger partial charge on any atom is 0.103 e. The van der Waals surface area contributed by atoms with Crippen molar-refractivity contribution >= 4 is 0 Å². The maximum atomic E-state index is 5.59. The maximum absolute atomic E-state index is 5.59. The first-order valence-corrected chi connectivity index (χ1v) is 4.98. The van der Waals surface area contributed by atoms with E-state index in [1.54, 1.807) is 0 Å². The van der Waals surface area contributed by atoms with Gasteiger partial charge < -0.3 is 15.8 Å². The van der Waals surface area contributed by atoms with Gasteiger partial charge >= 0.3 is 0 Å². The van der Waals surface area contributed by atoms with Crippen LogP contribution in [0.5, 0.6) is 0 Å². The van der Waals surface area contributed by atoms with Gasteiger partial charge in [0.1, 0.15) is 5.76 Å². The second-order valence-electron chi connectivity index (χ2n) is 3.62. The summed E-state index contributed by atoms with van der Waals surface area (Å²) in [5.74, 6) is 0.716. The molecule has 1 saturated carbocycles. The summed E-state index contributed by atoms with van der Waals surface area (Å²) in [6, 6.07) is 0.672. The third kappa shape index (κ3) is 3.36. The number of nitrogens with one attached hydrogen (secondary N) is 1. The lowest BCUT2D eigenvalue weighted by Gasteiger charge is -2.29. The van der Waals surface area contributed by atoms with Gasteiger partial charge in [0.15, 0.2) is 0 Å². The molecule has 0 aromatic heterocycles. The van der Waals surface area contributed by atoms with Crippen molar-refractivity contribution in [2.24, 2.45) is 5.73 Å². The highest BCUT2D eigenvalue weighted by Crippen LogP contribution is 2.22. The summed E-state index contributed by atoms with van der Waals surface area (Å²) in [6.07, 6.45) is 4.97. The highest BCUT2D eigenvalue weighted by molar-refractivity contribution is 4.87. The molecule has 1 aliphatic carbocycles. The minimum absolute atomic E-state index is 0.348. The monoisotopic (exact) mass is 184 g/mol. The van der Waals surface area contributed by atoms with Crippen LogP contribution in [0.15, 0.2) is 12.3 Å². The van der Waals surface area contributed by atoms with Crippen LogP contribution in [0.4, 0.5) is 0 Å². The third-order valence-corrected chi connectivity index (χ3v) is 2.64. The second kappa shape index (κ2) is 5.25. The van der Waals surface area contributed by atoms with E-state index in [1.807, 2.05) is 7.05 Å². The average Bonchev–Trinajstić information content (AvgIpc) is 2.19. The van der Waals surface area contributed by atoms with Crippen LogP contribution in [0.3, 0.4) is 0 Å². The van der Waals surface area contributed by atoms with Gasteiger partial charge in [-0.15, -0.1) is 0 Å². The van der Waals surface area contributed by atoms with Gasteiger partial charge in [-0.2, -0.15) is 0 Å². The molecule has 3 N–H and O–H groups in total. The number of nitrogens with two attached hydrogens (primary N) is 1. The van der Waals surface area contributed by atoms with E-state index in [9.17, 15) is 0 Å². The highest BCUT2D eigenvalue weighted by atomic mass is 16.5. The number of hydrogen-bond acceptors (Lipinski definition) is 3. The van der Waals surface area contributed by atoms with Gasteiger partial charge in [-0.05, 0) is 32.7 Å². The third-order valence-electron chi connectivity index (χ3n) is 2.64. The van der Waals surface area contributed by atoms with E-state index in [2.05, 4.69) is 11.9 Å². The lowest BCUT2D eigenvalue weighted by molar-refractivity contribution is 0.0741. The minimum atomic E-state index is 0.348. The van der Waals surface area contributed by atoms with Crippen molar-refractivity contribution < 1.29 is 4.74 Å². The molecular weight excluding hydrogens is 164 g/mol. The fourth-order valence-electron chi connectivity index (χ4n) is 1.75. The Labute approximate surface area is 80.3 Å². The molecule has 0 saturated heterocycles. The number of hydrogen-bond donors (Lipinski definition) is 2. The van der Waals surface area contributed by atoms with E-state index in [-0.39, 0.29) is 0 Å². The predicted molar refractivity (Wildman–Crippen MR) is 54.4 cm³/mol. The van der Waals surface area contributed by atoms with Gasteiger partial charge in [-0.25, -0.2) is 0 Å². The van der Waals surface area contributed by atoms with Crippen LogP contribution in [-0.2, 0) is 4.74 Å². The van der Waals surface area contributed by atoms with Crippen LogP contribution in [-0.4, -0.2) is 25.7 Å². The molecule has 76 valence electrons. The molecule has 0 radical (unpaired) electrons. The first kappa shape index (κ1) is 10.5. The Kier molecular flexibility index (Phi) is 4.25. The fourth-order valence-corrected chi connectivity index (χ4v) is 1.75. The van der Waals surface area contributed by atoms with Crippen molar-refractivity contribution in [1.82, 2.24) is 5.32 Å². The molecule has 0 bridgehead atoms. The van der Waals surface area contributed by atoms with E-state index >= 15 is 0 Å². The van der Waals surface area contributed by atoms with Gasteiger partial charge in [0, 0.05) is 6.04 Å². The van der Waals surface area contributed by atoms with E-state index in [0.717, 1.165) is 12.8 Å². The van der Waals surface area contributed by atoms with Gasteiger partial charge in [-0.1, -0.05) is 6.58 Å². The van der Waals surface area contributed by atoms with Crippen LogP contribution in [0.25, 0.3) is 0 Å². The van der Waals surface area contributed by atoms with Crippen molar-refractivity contribution in [2.45, 2.75) is 37.8 Å². The molecule has 0 aromatic carbocycles. The molecule has 1 fully saturated rings. The Hall–Kier alpha value is -0.540. The molecule has 0 unspecified atom stereocenters. The first-order valence-electron chi connectivity index (χ1n) is 4.98. The standard InChI is InChI=1S/C10H20N2O/c1-8(7-11)13-10-5-3-9(12-2)4-6-10/h9-10,12H,1,3-7,11H2,2H3. The van der Waals surface area contributed by atoms with Crippen molar-refractivity contribution in [3.8, 4) is 0 Å². The molecule has 0 atom stereocenters. The zero-order valence-corrected chi connectivity index (χ0v) is 8.38. The second-order valence-corrected chi connectivity index (χ2v) is 3.62. The smallest absolute Gasteiger partial charge is 0.103 e. The van der Waals surface area contributed by atoms with E-state index < -0.39 is 0 Å². The van der Waals surface area contributed by atoms with Crippen molar-refractivity contribution in [1.29, 1.82) is 0 Å². The van der Waals surface area contributed by atoms with Gasteiger partial charge in [-0.3, -0.25) is 0 Å². The summed E-state index contributed by atoms with van der Waals surface area (Å²) >= 11 is 0. The Balaban J connectivity index is 2.21. The Morgan fingerprint density at radius 1 is 1.46 bits per heavy atom. The lowest BCUT2D eigenvalue weighted by atomic mass is 9.93. The van der Waals surface area contributed by atoms with E-state index in [4.69, 9.17) is 10.5 Å². The molecule has 0 aromatic rings. The highest BCUT2D eigenvalue weighted by Gasteiger charge is 2.20. The van der Waals surface area contributed by atoms with Crippen molar-refractivity contribution in [2.75, 3.05) is 13.6 Å². The molecular formula is C10H20N2O. The summed E-state index contributed by atoms with van der Waals surface area (Å²) in [5.41, 5.74) is 5.41.